The van der Waals surface area contributed by atoms with Crippen molar-refractivity contribution in [3.63, 3.8) is 0 Å². The molecule has 1 N–H and O–H groups in total. The Morgan fingerprint density at radius 1 is 1.43 bits per heavy atom. The molecule has 2 rings (SSSR count). The van der Waals surface area contributed by atoms with Gasteiger partial charge in [-0.2, -0.15) is 0 Å². The molecule has 0 saturated heterocycles. The summed E-state index contributed by atoms with van der Waals surface area (Å²) in [5, 5.41) is 8.79. The summed E-state index contributed by atoms with van der Waals surface area (Å²) in [6, 6.07) is 0. The maximum Gasteiger partial charge on any atom is 0.306 e. The number of carbonyl (C=O) groups is 1. The van der Waals surface area contributed by atoms with Gasteiger partial charge in [-0.25, -0.2) is 0 Å². The van der Waals surface area contributed by atoms with Crippen LogP contribution >= 0.6 is 0 Å². The van der Waals surface area contributed by atoms with E-state index in [9.17, 15) is 4.79 Å². The fourth-order valence-electron chi connectivity index (χ4n) is 3.32. The quantitative estimate of drug-likeness (QED) is 0.750. The van der Waals surface area contributed by atoms with Crippen LogP contribution in [0.3, 0.4) is 0 Å². The molecule has 0 spiro atoms. The summed E-state index contributed by atoms with van der Waals surface area (Å²) >= 11 is 0. The van der Waals surface area contributed by atoms with E-state index in [0.29, 0.717) is 0 Å². The van der Waals surface area contributed by atoms with Gasteiger partial charge in [-0.05, 0) is 49.9 Å². The Hall–Kier alpha value is -0.530. The van der Waals surface area contributed by atoms with E-state index in [1.165, 1.54) is 25.7 Å². The summed E-state index contributed by atoms with van der Waals surface area (Å²) in [6.45, 7) is 1.83. The van der Waals surface area contributed by atoms with Crippen molar-refractivity contribution in [3.8, 4) is 0 Å². The highest BCUT2D eigenvalue weighted by atomic mass is 16.4. The van der Waals surface area contributed by atoms with Crippen molar-refractivity contribution in [1.82, 2.24) is 0 Å². The normalized spacial score (nSPS) is 37.4. The fourth-order valence-corrected chi connectivity index (χ4v) is 3.32. The highest BCUT2D eigenvalue weighted by Crippen LogP contribution is 2.50. The van der Waals surface area contributed by atoms with E-state index in [-0.39, 0.29) is 5.92 Å². The summed E-state index contributed by atoms with van der Waals surface area (Å²) in [5.74, 6) is 2.02. The van der Waals surface area contributed by atoms with Crippen molar-refractivity contribution >= 4 is 5.97 Å². The molecule has 80 valence electrons. The van der Waals surface area contributed by atoms with E-state index in [1.807, 2.05) is 6.92 Å². The molecule has 2 aliphatic rings. The van der Waals surface area contributed by atoms with Gasteiger partial charge in [0.05, 0.1) is 5.92 Å². The van der Waals surface area contributed by atoms with Crippen LogP contribution in [-0.2, 0) is 4.79 Å². The smallest absolute Gasteiger partial charge is 0.306 e. The molecule has 0 heterocycles. The molecular weight excluding hydrogens is 176 g/mol. The van der Waals surface area contributed by atoms with Gasteiger partial charge in [0.25, 0.3) is 0 Å². The van der Waals surface area contributed by atoms with Gasteiger partial charge in [0.1, 0.15) is 0 Å². The number of carboxylic acids is 1. The maximum atomic E-state index is 10.7. The molecule has 2 saturated carbocycles. The zero-order valence-corrected chi connectivity index (χ0v) is 8.91. The first-order valence-corrected chi connectivity index (χ1v) is 5.89. The summed E-state index contributed by atoms with van der Waals surface area (Å²) < 4.78 is 0. The molecule has 2 fully saturated rings. The second-order valence-corrected chi connectivity index (χ2v) is 5.25. The van der Waals surface area contributed by atoms with Crippen molar-refractivity contribution in [2.75, 3.05) is 0 Å². The summed E-state index contributed by atoms with van der Waals surface area (Å²) in [4.78, 5) is 10.7. The molecule has 14 heavy (non-hydrogen) atoms. The lowest BCUT2D eigenvalue weighted by Crippen LogP contribution is -2.15. The fraction of sp³-hybridized carbons (Fsp3) is 0.917. The van der Waals surface area contributed by atoms with E-state index in [0.717, 1.165) is 30.6 Å². The molecule has 0 aliphatic heterocycles. The standard InChI is InChI=1S/C12H20O2/c1-8(12(13)14)2-4-10-6-9-3-5-11(10)7-9/h8-11H,2-7H2,1H3,(H,13,14). The van der Waals surface area contributed by atoms with Gasteiger partial charge in [-0.1, -0.05) is 13.3 Å². The van der Waals surface area contributed by atoms with Crippen molar-refractivity contribution in [3.05, 3.63) is 0 Å². The number of fused-ring (bicyclic) bond motifs is 2. The Balaban J connectivity index is 1.74. The van der Waals surface area contributed by atoms with Gasteiger partial charge < -0.3 is 5.11 Å². The number of rotatable bonds is 4. The molecule has 4 atom stereocenters. The minimum Gasteiger partial charge on any atom is -0.481 e. The molecule has 0 radical (unpaired) electrons. The summed E-state index contributed by atoms with van der Waals surface area (Å²) in [6.07, 6.45) is 7.70. The lowest BCUT2D eigenvalue weighted by atomic mass is 9.84. The minimum atomic E-state index is -0.631. The summed E-state index contributed by atoms with van der Waals surface area (Å²) in [5.41, 5.74) is 0. The van der Waals surface area contributed by atoms with Crippen LogP contribution in [0.1, 0.15) is 45.4 Å². The zero-order valence-electron chi connectivity index (χ0n) is 8.91. The average molecular weight is 196 g/mol. The van der Waals surface area contributed by atoms with Crippen molar-refractivity contribution < 1.29 is 9.90 Å². The van der Waals surface area contributed by atoms with Crippen LogP contribution in [0.15, 0.2) is 0 Å². The SMILES string of the molecule is CC(CCC1CC2CCC1C2)C(=O)O. The molecule has 4 unspecified atom stereocenters. The Bertz CT molecular complexity index is 224. The van der Waals surface area contributed by atoms with Gasteiger partial charge in [0.15, 0.2) is 0 Å². The second kappa shape index (κ2) is 3.92. The van der Waals surface area contributed by atoms with Gasteiger partial charge in [0.2, 0.25) is 0 Å². The van der Waals surface area contributed by atoms with Crippen LogP contribution in [0.4, 0.5) is 0 Å². The Labute approximate surface area is 85.7 Å². The number of carboxylic acid groups (broad SMARTS) is 1. The van der Waals surface area contributed by atoms with Gasteiger partial charge in [0, 0.05) is 0 Å². The minimum absolute atomic E-state index is 0.144. The van der Waals surface area contributed by atoms with Crippen LogP contribution < -0.4 is 0 Å². The number of aliphatic carboxylic acids is 1. The van der Waals surface area contributed by atoms with E-state index in [4.69, 9.17) is 5.11 Å². The predicted octanol–water partition coefficient (Wildman–Crippen LogP) is 2.92. The van der Waals surface area contributed by atoms with E-state index in [2.05, 4.69) is 0 Å². The second-order valence-electron chi connectivity index (χ2n) is 5.25. The third kappa shape index (κ3) is 1.94. The van der Waals surface area contributed by atoms with Crippen LogP contribution in [0.2, 0.25) is 0 Å². The van der Waals surface area contributed by atoms with E-state index < -0.39 is 5.97 Å². The molecule has 2 aliphatic carbocycles. The van der Waals surface area contributed by atoms with Crippen LogP contribution in [0.5, 0.6) is 0 Å². The molecule has 0 aromatic carbocycles. The van der Waals surface area contributed by atoms with Gasteiger partial charge in [-0.3, -0.25) is 4.79 Å². The number of hydrogen-bond donors (Lipinski definition) is 1. The van der Waals surface area contributed by atoms with Gasteiger partial charge >= 0.3 is 5.97 Å². The summed E-state index contributed by atoms with van der Waals surface area (Å²) in [7, 11) is 0. The molecular formula is C12H20O2. The largest absolute Gasteiger partial charge is 0.481 e. The zero-order chi connectivity index (χ0) is 10.1. The Morgan fingerprint density at radius 3 is 2.71 bits per heavy atom. The average Bonchev–Trinajstić information content (AvgIpc) is 2.74. The molecule has 0 amide bonds. The topological polar surface area (TPSA) is 37.3 Å². The van der Waals surface area contributed by atoms with Crippen molar-refractivity contribution in [2.24, 2.45) is 23.7 Å². The molecule has 0 aromatic rings. The monoisotopic (exact) mass is 196 g/mol. The van der Waals surface area contributed by atoms with Crippen LogP contribution in [-0.4, -0.2) is 11.1 Å². The van der Waals surface area contributed by atoms with Crippen LogP contribution in [0.25, 0.3) is 0 Å². The van der Waals surface area contributed by atoms with E-state index in [1.54, 1.807) is 0 Å². The van der Waals surface area contributed by atoms with Gasteiger partial charge in [-0.15, -0.1) is 0 Å². The first-order chi connectivity index (χ1) is 6.66. The van der Waals surface area contributed by atoms with E-state index >= 15 is 0 Å². The Kier molecular flexibility index (Phi) is 2.80. The van der Waals surface area contributed by atoms with Crippen LogP contribution in [0, 0.1) is 23.7 Å². The lowest BCUT2D eigenvalue weighted by molar-refractivity contribution is -0.141. The van der Waals surface area contributed by atoms with Crippen molar-refractivity contribution in [2.45, 2.75) is 45.4 Å². The van der Waals surface area contributed by atoms with Crippen molar-refractivity contribution in [1.29, 1.82) is 0 Å². The molecule has 2 bridgehead atoms. The third-order valence-electron chi connectivity index (χ3n) is 4.28. The lowest BCUT2D eigenvalue weighted by Gasteiger charge is -2.22. The molecule has 0 aromatic heterocycles. The Morgan fingerprint density at radius 2 is 2.21 bits per heavy atom. The maximum absolute atomic E-state index is 10.7. The third-order valence-corrected chi connectivity index (χ3v) is 4.28. The molecule has 2 nitrogen and oxygen atoms in total. The predicted molar refractivity (Wildman–Crippen MR) is 55.0 cm³/mol. The first kappa shape index (κ1) is 10.0. The highest BCUT2D eigenvalue weighted by Gasteiger charge is 2.39. The first-order valence-electron chi connectivity index (χ1n) is 5.89. The highest BCUT2D eigenvalue weighted by molar-refractivity contribution is 5.69. The molecule has 2 heteroatoms. The number of hydrogen-bond acceptors (Lipinski definition) is 1.